The average molecular weight is 229 g/mol. The van der Waals surface area contributed by atoms with Gasteiger partial charge in [-0.1, -0.05) is 30.4 Å². The summed E-state index contributed by atoms with van der Waals surface area (Å²) in [5.41, 5.74) is 1.50. The van der Waals surface area contributed by atoms with Gasteiger partial charge in [-0.3, -0.25) is 9.59 Å². The van der Waals surface area contributed by atoms with Crippen LogP contribution in [0.3, 0.4) is 0 Å². The maximum absolute atomic E-state index is 12.0. The van der Waals surface area contributed by atoms with E-state index in [-0.39, 0.29) is 11.8 Å². The average Bonchev–Trinajstić information content (AvgIpc) is 2.40. The van der Waals surface area contributed by atoms with Crippen molar-refractivity contribution in [2.45, 2.75) is 18.9 Å². The number of hydrogen-bond donors (Lipinski definition) is 1. The molecule has 0 saturated heterocycles. The fourth-order valence-corrected chi connectivity index (χ4v) is 1.93. The van der Waals surface area contributed by atoms with E-state index in [0.717, 1.165) is 24.8 Å². The van der Waals surface area contributed by atoms with Crippen molar-refractivity contribution < 1.29 is 9.59 Å². The van der Waals surface area contributed by atoms with Crippen molar-refractivity contribution in [3.63, 3.8) is 0 Å². The Morgan fingerprint density at radius 2 is 2.35 bits per heavy atom. The highest BCUT2D eigenvalue weighted by atomic mass is 16.1. The first-order valence-electron chi connectivity index (χ1n) is 5.76. The van der Waals surface area contributed by atoms with Gasteiger partial charge in [0.05, 0.1) is 6.04 Å². The van der Waals surface area contributed by atoms with Gasteiger partial charge < -0.3 is 5.32 Å². The number of nitrogens with one attached hydrogen (secondary N) is 1. The van der Waals surface area contributed by atoms with Crippen molar-refractivity contribution in [1.29, 1.82) is 0 Å². The number of carbonyl (C=O) groups excluding carboxylic acids is 2. The van der Waals surface area contributed by atoms with Gasteiger partial charge in [0.25, 0.3) is 0 Å². The predicted molar refractivity (Wildman–Crippen MR) is 66.1 cm³/mol. The fourth-order valence-electron chi connectivity index (χ4n) is 1.93. The minimum Gasteiger partial charge on any atom is -0.304 e. The van der Waals surface area contributed by atoms with Crippen LogP contribution in [-0.4, -0.2) is 24.7 Å². The lowest BCUT2D eigenvalue weighted by Crippen LogP contribution is -2.38. The van der Waals surface area contributed by atoms with E-state index in [0.29, 0.717) is 12.0 Å². The fraction of sp³-hybridized carbons (Fsp3) is 0.286. The molecule has 1 N–H and O–H groups in total. The first kappa shape index (κ1) is 11.7. The van der Waals surface area contributed by atoms with E-state index < -0.39 is 0 Å². The number of ketones is 1. The Labute approximate surface area is 101 Å². The Bertz CT molecular complexity index is 451. The molecule has 0 amide bonds. The molecule has 1 aromatic carbocycles. The molecule has 17 heavy (non-hydrogen) atoms. The minimum absolute atomic E-state index is 0.143. The molecule has 2 rings (SSSR count). The third-order valence-electron chi connectivity index (χ3n) is 2.82. The van der Waals surface area contributed by atoms with Crippen molar-refractivity contribution in [2.75, 3.05) is 6.54 Å². The summed E-state index contributed by atoms with van der Waals surface area (Å²) in [4.78, 5) is 22.6. The van der Waals surface area contributed by atoms with Gasteiger partial charge in [-0.25, -0.2) is 0 Å². The van der Waals surface area contributed by atoms with E-state index in [1.54, 1.807) is 18.2 Å². The van der Waals surface area contributed by atoms with Gasteiger partial charge in [0.2, 0.25) is 0 Å². The molecule has 0 aromatic heterocycles. The normalized spacial score (nSPS) is 18.9. The second-order valence-electron chi connectivity index (χ2n) is 4.15. The molecule has 0 saturated carbocycles. The summed E-state index contributed by atoms with van der Waals surface area (Å²) in [5, 5.41) is 3.16. The second kappa shape index (κ2) is 5.55. The molecule has 0 fully saturated rings. The second-order valence-corrected chi connectivity index (χ2v) is 4.15. The first-order valence-corrected chi connectivity index (χ1v) is 5.76. The monoisotopic (exact) mass is 229 g/mol. The zero-order chi connectivity index (χ0) is 12.1. The lowest BCUT2D eigenvalue weighted by atomic mass is 10.0. The van der Waals surface area contributed by atoms with Crippen molar-refractivity contribution in [3.05, 3.63) is 47.5 Å². The molecule has 1 aliphatic heterocycles. The third kappa shape index (κ3) is 3.11. The van der Waals surface area contributed by atoms with Crippen LogP contribution in [0.2, 0.25) is 0 Å². The van der Waals surface area contributed by atoms with Gasteiger partial charge >= 0.3 is 0 Å². The highest BCUT2D eigenvalue weighted by Crippen LogP contribution is 2.07. The van der Waals surface area contributed by atoms with Crippen LogP contribution in [0.1, 0.15) is 22.3 Å². The molecule has 1 heterocycles. The molecule has 1 aromatic rings. The Kier molecular flexibility index (Phi) is 3.83. The lowest BCUT2D eigenvalue weighted by Gasteiger charge is -2.17. The minimum atomic E-state index is -0.177. The smallest absolute Gasteiger partial charge is 0.158 e. The zero-order valence-electron chi connectivity index (χ0n) is 9.56. The SMILES string of the molecule is O=Cc1cccc(CC(=O)C2C=CCCN2)c1. The summed E-state index contributed by atoms with van der Waals surface area (Å²) >= 11 is 0. The number of aldehydes is 1. The molecule has 88 valence electrons. The number of Topliss-reactive ketones (excluding diaryl/α,β-unsaturated/α-hetero) is 1. The van der Waals surface area contributed by atoms with Gasteiger partial charge in [0.1, 0.15) is 6.29 Å². The largest absolute Gasteiger partial charge is 0.304 e. The van der Waals surface area contributed by atoms with E-state index in [4.69, 9.17) is 0 Å². The first-order chi connectivity index (χ1) is 8.29. The molecule has 0 aliphatic carbocycles. The Balaban J connectivity index is 2.04. The van der Waals surface area contributed by atoms with E-state index in [1.165, 1.54) is 0 Å². The molecule has 1 atom stereocenters. The highest BCUT2D eigenvalue weighted by molar-refractivity contribution is 5.88. The van der Waals surface area contributed by atoms with Gasteiger partial charge in [0, 0.05) is 12.0 Å². The summed E-state index contributed by atoms with van der Waals surface area (Å²) in [7, 11) is 0. The summed E-state index contributed by atoms with van der Waals surface area (Å²) in [6, 6.07) is 6.99. The Morgan fingerprint density at radius 1 is 1.47 bits per heavy atom. The van der Waals surface area contributed by atoms with Crippen LogP contribution in [0.15, 0.2) is 36.4 Å². The van der Waals surface area contributed by atoms with Crippen LogP contribution in [0.5, 0.6) is 0 Å². The van der Waals surface area contributed by atoms with Crippen LogP contribution in [-0.2, 0) is 11.2 Å². The summed E-state index contributed by atoms with van der Waals surface area (Å²) in [5.74, 6) is 0.143. The molecule has 0 radical (unpaired) electrons. The number of benzene rings is 1. The highest BCUT2D eigenvalue weighted by Gasteiger charge is 2.16. The van der Waals surface area contributed by atoms with Crippen LogP contribution < -0.4 is 5.32 Å². The molecular formula is C14H15NO2. The molecule has 1 aliphatic rings. The topological polar surface area (TPSA) is 46.2 Å². The van der Waals surface area contributed by atoms with Crippen molar-refractivity contribution in [1.82, 2.24) is 5.32 Å². The van der Waals surface area contributed by atoms with Crippen LogP contribution in [0, 0.1) is 0 Å². The van der Waals surface area contributed by atoms with Gasteiger partial charge in [0.15, 0.2) is 5.78 Å². The van der Waals surface area contributed by atoms with Crippen molar-refractivity contribution in [3.8, 4) is 0 Å². The molecule has 3 nitrogen and oxygen atoms in total. The molecule has 0 spiro atoms. The van der Waals surface area contributed by atoms with Crippen LogP contribution in [0.25, 0.3) is 0 Å². The maximum atomic E-state index is 12.0. The third-order valence-corrected chi connectivity index (χ3v) is 2.82. The van der Waals surface area contributed by atoms with Crippen LogP contribution in [0.4, 0.5) is 0 Å². The van der Waals surface area contributed by atoms with Gasteiger partial charge in [-0.05, 0) is 24.6 Å². The molecule has 0 bridgehead atoms. The number of hydrogen-bond acceptors (Lipinski definition) is 3. The van der Waals surface area contributed by atoms with E-state index in [1.807, 2.05) is 18.2 Å². The van der Waals surface area contributed by atoms with Crippen molar-refractivity contribution >= 4 is 12.1 Å². The quantitative estimate of drug-likeness (QED) is 0.629. The van der Waals surface area contributed by atoms with Crippen molar-refractivity contribution in [2.24, 2.45) is 0 Å². The molecule has 3 heteroatoms. The lowest BCUT2D eigenvalue weighted by molar-refractivity contribution is -0.119. The summed E-state index contributed by atoms with van der Waals surface area (Å²) in [6.07, 6.45) is 6.08. The summed E-state index contributed by atoms with van der Waals surface area (Å²) < 4.78 is 0. The molecule has 1 unspecified atom stereocenters. The van der Waals surface area contributed by atoms with Gasteiger partial charge in [-0.2, -0.15) is 0 Å². The predicted octanol–water partition coefficient (Wildman–Crippen LogP) is 1.53. The van der Waals surface area contributed by atoms with Crippen LogP contribution >= 0.6 is 0 Å². The number of rotatable bonds is 4. The zero-order valence-corrected chi connectivity index (χ0v) is 9.56. The Hall–Kier alpha value is -1.74. The summed E-state index contributed by atoms with van der Waals surface area (Å²) in [6.45, 7) is 0.848. The maximum Gasteiger partial charge on any atom is 0.158 e. The Morgan fingerprint density at radius 3 is 3.06 bits per heavy atom. The number of carbonyl (C=O) groups is 2. The van der Waals surface area contributed by atoms with E-state index in [9.17, 15) is 9.59 Å². The standard InChI is InChI=1S/C14H15NO2/c16-10-12-5-3-4-11(8-12)9-14(17)13-6-1-2-7-15-13/h1,3-6,8,10,13,15H,2,7,9H2. The molecular weight excluding hydrogens is 214 g/mol. The van der Waals surface area contributed by atoms with Gasteiger partial charge in [-0.15, -0.1) is 0 Å². The van der Waals surface area contributed by atoms with E-state index >= 15 is 0 Å². The van der Waals surface area contributed by atoms with E-state index in [2.05, 4.69) is 5.32 Å².